The molecule has 3 aromatic rings. The molecule has 1 aromatic heterocycles. The van der Waals surface area contributed by atoms with Gasteiger partial charge < -0.3 is 5.11 Å². The van der Waals surface area contributed by atoms with Gasteiger partial charge in [0.2, 0.25) is 11.6 Å². The van der Waals surface area contributed by atoms with E-state index in [1.807, 2.05) is 6.07 Å². The topological polar surface area (TPSA) is 82.7 Å². The van der Waals surface area contributed by atoms with Gasteiger partial charge in [0, 0.05) is 5.02 Å². The summed E-state index contributed by atoms with van der Waals surface area (Å²) in [7, 11) is 0. The van der Waals surface area contributed by atoms with E-state index in [1.165, 1.54) is 4.68 Å². The number of benzene rings is 2. The van der Waals surface area contributed by atoms with E-state index in [9.17, 15) is 9.90 Å². The van der Waals surface area contributed by atoms with Crippen LogP contribution in [-0.4, -0.2) is 14.9 Å². The number of H-pyrrole nitrogens is 1. The average molecular weight is 315 g/mol. The van der Waals surface area contributed by atoms with Crippen molar-refractivity contribution in [3.8, 4) is 11.6 Å². The van der Waals surface area contributed by atoms with E-state index >= 15 is 0 Å². The lowest BCUT2D eigenvalue weighted by atomic mass is 10.3. The first-order valence-electron chi connectivity index (χ1n) is 6.42. The number of nitrogens with one attached hydrogen (secondary N) is 1. The highest BCUT2D eigenvalue weighted by Crippen LogP contribution is 2.26. The summed E-state index contributed by atoms with van der Waals surface area (Å²) in [6, 6.07) is 15.6. The van der Waals surface area contributed by atoms with Gasteiger partial charge in [-0.25, -0.2) is 4.68 Å². The van der Waals surface area contributed by atoms with Crippen LogP contribution in [0.2, 0.25) is 5.02 Å². The Kier molecular flexibility index (Phi) is 3.76. The molecule has 0 aliphatic rings. The number of aromatic nitrogens is 2. The van der Waals surface area contributed by atoms with Crippen LogP contribution in [0.4, 0.5) is 11.4 Å². The van der Waals surface area contributed by atoms with Crippen LogP contribution in [0.1, 0.15) is 0 Å². The summed E-state index contributed by atoms with van der Waals surface area (Å²) in [5.41, 5.74) is 0.457. The third-order valence-electron chi connectivity index (χ3n) is 2.96. The number of halogens is 1. The number of rotatable bonds is 3. The zero-order valence-corrected chi connectivity index (χ0v) is 12.0. The van der Waals surface area contributed by atoms with Crippen LogP contribution in [0.5, 0.6) is 5.88 Å². The number of nitrogens with zero attached hydrogens (tertiary/aromatic N) is 3. The largest absolute Gasteiger partial charge is 0.492 e. The van der Waals surface area contributed by atoms with E-state index in [2.05, 4.69) is 15.3 Å². The van der Waals surface area contributed by atoms with Crippen molar-refractivity contribution in [3.05, 3.63) is 70.0 Å². The van der Waals surface area contributed by atoms with Crippen molar-refractivity contribution in [2.75, 3.05) is 0 Å². The highest BCUT2D eigenvalue weighted by Gasteiger charge is 2.14. The normalized spacial score (nSPS) is 11.1. The molecule has 0 amide bonds. The first-order chi connectivity index (χ1) is 10.6. The number of azo groups is 1. The molecular weight excluding hydrogens is 304 g/mol. The first kappa shape index (κ1) is 14.1. The molecule has 3 rings (SSSR count). The van der Waals surface area contributed by atoms with Gasteiger partial charge in [-0.1, -0.05) is 29.8 Å². The van der Waals surface area contributed by atoms with E-state index in [-0.39, 0.29) is 11.6 Å². The molecule has 2 aromatic carbocycles. The van der Waals surface area contributed by atoms with E-state index < -0.39 is 5.56 Å². The van der Waals surface area contributed by atoms with Crippen molar-refractivity contribution in [2.24, 2.45) is 10.2 Å². The van der Waals surface area contributed by atoms with Crippen molar-refractivity contribution in [3.63, 3.8) is 0 Å². The Morgan fingerprint density at radius 3 is 2.36 bits per heavy atom. The van der Waals surface area contributed by atoms with Crippen LogP contribution in [0.15, 0.2) is 69.6 Å². The molecule has 110 valence electrons. The molecule has 0 fully saturated rings. The molecule has 0 spiro atoms. The third-order valence-corrected chi connectivity index (χ3v) is 3.21. The summed E-state index contributed by atoms with van der Waals surface area (Å²) < 4.78 is 1.25. The van der Waals surface area contributed by atoms with Gasteiger partial charge in [-0.3, -0.25) is 9.89 Å². The molecule has 0 atom stereocenters. The van der Waals surface area contributed by atoms with Gasteiger partial charge >= 0.3 is 0 Å². The SMILES string of the molecule is O=c1[nH]n(-c2ccccc2)c(O)c1N=Nc1ccc(Cl)cc1. The lowest BCUT2D eigenvalue weighted by Crippen LogP contribution is -2.03. The second-order valence-electron chi connectivity index (χ2n) is 4.46. The van der Waals surface area contributed by atoms with Crippen LogP contribution in [0, 0.1) is 0 Å². The second-order valence-corrected chi connectivity index (χ2v) is 4.90. The molecule has 0 saturated heterocycles. The highest BCUT2D eigenvalue weighted by atomic mass is 35.5. The average Bonchev–Trinajstić information content (AvgIpc) is 2.82. The molecule has 1 heterocycles. The summed E-state index contributed by atoms with van der Waals surface area (Å²) in [5.74, 6) is -0.297. The number of aromatic amines is 1. The zero-order chi connectivity index (χ0) is 15.5. The predicted molar refractivity (Wildman–Crippen MR) is 83.7 cm³/mol. The monoisotopic (exact) mass is 314 g/mol. The summed E-state index contributed by atoms with van der Waals surface area (Å²) in [5, 5.41) is 21.0. The van der Waals surface area contributed by atoms with Crippen molar-refractivity contribution in [1.82, 2.24) is 9.78 Å². The van der Waals surface area contributed by atoms with Gasteiger partial charge in [0.25, 0.3) is 5.56 Å². The maximum Gasteiger partial charge on any atom is 0.296 e. The van der Waals surface area contributed by atoms with Crippen LogP contribution in [0.3, 0.4) is 0 Å². The van der Waals surface area contributed by atoms with Gasteiger partial charge in [0.1, 0.15) is 0 Å². The fourth-order valence-corrected chi connectivity index (χ4v) is 2.01. The molecule has 2 N–H and O–H groups in total. The molecule has 0 aliphatic carbocycles. The Hall–Kier alpha value is -2.86. The van der Waals surface area contributed by atoms with E-state index in [1.54, 1.807) is 48.5 Å². The van der Waals surface area contributed by atoms with E-state index in [4.69, 9.17) is 11.6 Å². The summed E-state index contributed by atoms with van der Waals surface area (Å²) in [6.45, 7) is 0. The predicted octanol–water partition coefficient (Wildman–Crippen LogP) is 3.94. The summed E-state index contributed by atoms with van der Waals surface area (Å²) in [4.78, 5) is 11.9. The Labute approximate surface area is 130 Å². The maximum absolute atomic E-state index is 11.9. The minimum Gasteiger partial charge on any atom is -0.492 e. The van der Waals surface area contributed by atoms with Gasteiger partial charge in [-0.2, -0.15) is 5.11 Å². The van der Waals surface area contributed by atoms with Crippen LogP contribution in [-0.2, 0) is 0 Å². The van der Waals surface area contributed by atoms with Crippen LogP contribution >= 0.6 is 11.6 Å². The van der Waals surface area contributed by atoms with Gasteiger partial charge in [-0.05, 0) is 36.4 Å². The lowest BCUT2D eigenvalue weighted by Gasteiger charge is -2.02. The third kappa shape index (κ3) is 2.77. The highest BCUT2D eigenvalue weighted by molar-refractivity contribution is 6.30. The Morgan fingerprint density at radius 2 is 1.68 bits per heavy atom. The van der Waals surface area contributed by atoms with Crippen molar-refractivity contribution in [1.29, 1.82) is 0 Å². The number of aromatic hydroxyl groups is 1. The van der Waals surface area contributed by atoms with Gasteiger partial charge in [-0.15, -0.1) is 5.11 Å². The molecule has 0 aliphatic heterocycles. The Bertz CT molecular complexity index is 867. The lowest BCUT2D eigenvalue weighted by molar-refractivity contribution is 0.434. The Balaban J connectivity index is 1.97. The fourth-order valence-electron chi connectivity index (χ4n) is 1.88. The Morgan fingerprint density at radius 1 is 1.00 bits per heavy atom. The molecule has 0 radical (unpaired) electrons. The fraction of sp³-hybridized carbons (Fsp3) is 0. The minimum absolute atomic E-state index is 0.154. The van der Waals surface area contributed by atoms with Crippen molar-refractivity contribution >= 4 is 23.0 Å². The van der Waals surface area contributed by atoms with Crippen molar-refractivity contribution < 1.29 is 5.11 Å². The summed E-state index contributed by atoms with van der Waals surface area (Å²) in [6.07, 6.45) is 0. The van der Waals surface area contributed by atoms with E-state index in [0.29, 0.717) is 16.4 Å². The maximum atomic E-state index is 11.9. The standard InChI is InChI=1S/C15H11ClN4O2/c16-10-6-8-11(9-7-10)17-18-13-14(21)19-20(15(13)22)12-4-2-1-3-5-12/h1-9,22H,(H,19,21). The minimum atomic E-state index is -0.529. The summed E-state index contributed by atoms with van der Waals surface area (Å²) >= 11 is 5.78. The first-order valence-corrected chi connectivity index (χ1v) is 6.79. The number of hydrogen-bond donors (Lipinski definition) is 2. The van der Waals surface area contributed by atoms with Crippen LogP contribution < -0.4 is 5.56 Å². The van der Waals surface area contributed by atoms with E-state index in [0.717, 1.165) is 0 Å². The molecule has 7 heteroatoms. The molecule has 22 heavy (non-hydrogen) atoms. The second kappa shape index (κ2) is 5.87. The molecule has 0 saturated carbocycles. The number of para-hydroxylation sites is 1. The van der Waals surface area contributed by atoms with Gasteiger partial charge in [0.15, 0.2) is 0 Å². The smallest absolute Gasteiger partial charge is 0.296 e. The molecule has 0 unspecified atom stereocenters. The van der Waals surface area contributed by atoms with Crippen molar-refractivity contribution in [2.45, 2.75) is 0 Å². The zero-order valence-electron chi connectivity index (χ0n) is 11.3. The molecule has 6 nitrogen and oxygen atoms in total. The molecular formula is C15H11ClN4O2. The number of hydrogen-bond acceptors (Lipinski definition) is 4. The van der Waals surface area contributed by atoms with Crippen LogP contribution in [0.25, 0.3) is 5.69 Å². The quantitative estimate of drug-likeness (QED) is 0.718. The molecule has 0 bridgehead atoms. The van der Waals surface area contributed by atoms with Gasteiger partial charge in [0.05, 0.1) is 11.4 Å².